The third kappa shape index (κ3) is 3.97. The molecule has 6 aromatic rings. The summed E-state index contributed by atoms with van der Waals surface area (Å²) in [5, 5.41) is 9.88. The molecule has 0 saturated carbocycles. The number of fused-ring (bicyclic) bond motifs is 4. The van der Waals surface area contributed by atoms with E-state index in [1.165, 1.54) is 0 Å². The number of anilines is 2. The Morgan fingerprint density at radius 2 is 1.53 bits per heavy atom. The van der Waals surface area contributed by atoms with Gasteiger partial charge in [0.15, 0.2) is 0 Å². The number of hydrogen-bond acceptors (Lipinski definition) is 4. The van der Waals surface area contributed by atoms with E-state index in [-0.39, 0.29) is 18.1 Å². The first-order valence-corrected chi connectivity index (χ1v) is 11.7. The van der Waals surface area contributed by atoms with Gasteiger partial charge in [-0.15, -0.1) is 0 Å². The number of nitrogens with one attached hydrogen (secondary N) is 2. The van der Waals surface area contributed by atoms with Crippen LogP contribution < -0.4 is 10.6 Å². The zero-order chi connectivity index (χ0) is 24.6. The van der Waals surface area contributed by atoms with E-state index in [0.717, 1.165) is 21.7 Å². The first-order chi connectivity index (χ1) is 17.6. The van der Waals surface area contributed by atoms with E-state index >= 15 is 0 Å². The third-order valence-corrected chi connectivity index (χ3v) is 6.31. The van der Waals surface area contributed by atoms with Crippen LogP contribution in [0.4, 0.5) is 11.4 Å². The van der Waals surface area contributed by atoms with Gasteiger partial charge in [-0.1, -0.05) is 54.1 Å². The van der Waals surface area contributed by atoms with E-state index < -0.39 is 5.91 Å². The average Bonchev–Trinajstić information content (AvgIpc) is 3.47. The van der Waals surface area contributed by atoms with Crippen LogP contribution in [-0.2, 0) is 11.2 Å². The molecule has 0 aliphatic carbocycles. The van der Waals surface area contributed by atoms with E-state index in [2.05, 4.69) is 10.6 Å². The van der Waals surface area contributed by atoms with Crippen molar-refractivity contribution in [2.45, 2.75) is 6.42 Å². The smallest absolute Gasteiger partial charge is 0.293 e. The van der Waals surface area contributed by atoms with Gasteiger partial charge in [0.2, 0.25) is 11.7 Å². The predicted octanol–water partition coefficient (Wildman–Crippen LogP) is 7.42. The molecule has 0 spiro atoms. The summed E-state index contributed by atoms with van der Waals surface area (Å²) in [6.45, 7) is 0. The highest BCUT2D eigenvalue weighted by molar-refractivity contribution is 6.30. The quantitative estimate of drug-likeness (QED) is 0.261. The minimum Gasteiger partial charge on any atom is -0.464 e. The van der Waals surface area contributed by atoms with Gasteiger partial charge < -0.3 is 19.5 Å². The largest absolute Gasteiger partial charge is 0.464 e. The molecule has 0 radical (unpaired) electrons. The van der Waals surface area contributed by atoms with Gasteiger partial charge in [0.25, 0.3) is 5.91 Å². The molecular weight excluding hydrogens is 476 g/mol. The van der Waals surface area contributed by atoms with E-state index in [4.69, 9.17) is 20.4 Å². The highest BCUT2D eigenvalue weighted by atomic mass is 35.5. The first kappa shape index (κ1) is 21.9. The number of rotatable bonds is 5. The van der Waals surface area contributed by atoms with Crippen molar-refractivity contribution in [3.8, 4) is 0 Å². The van der Waals surface area contributed by atoms with Crippen LogP contribution in [0.3, 0.4) is 0 Å². The zero-order valence-corrected chi connectivity index (χ0v) is 19.6. The van der Waals surface area contributed by atoms with Crippen LogP contribution >= 0.6 is 11.6 Å². The SMILES string of the molecule is O=C(Cc1coc2ccc3ccccc3c12)Nc1c(C(=O)Nc2ccc(Cl)cc2)oc2ccccc12. The van der Waals surface area contributed by atoms with Crippen molar-refractivity contribution in [3.63, 3.8) is 0 Å². The lowest BCUT2D eigenvalue weighted by Gasteiger charge is -2.08. The van der Waals surface area contributed by atoms with Gasteiger partial charge in [0, 0.05) is 27.0 Å². The summed E-state index contributed by atoms with van der Waals surface area (Å²) >= 11 is 5.94. The van der Waals surface area contributed by atoms with Crippen LogP contribution in [0.2, 0.25) is 5.02 Å². The summed E-state index contributed by atoms with van der Waals surface area (Å²) in [5.74, 6) is -0.761. The molecule has 0 saturated heterocycles. The van der Waals surface area contributed by atoms with Crippen LogP contribution in [-0.4, -0.2) is 11.8 Å². The van der Waals surface area contributed by atoms with Crippen LogP contribution in [0.5, 0.6) is 0 Å². The molecule has 0 fully saturated rings. The summed E-state index contributed by atoms with van der Waals surface area (Å²) in [4.78, 5) is 26.3. The Morgan fingerprint density at radius 1 is 0.778 bits per heavy atom. The number of furan rings is 2. The molecule has 2 aromatic heterocycles. The molecule has 7 heteroatoms. The summed E-state index contributed by atoms with van der Waals surface area (Å²) in [6.07, 6.45) is 1.68. The van der Waals surface area contributed by atoms with Crippen molar-refractivity contribution in [1.29, 1.82) is 0 Å². The Balaban J connectivity index is 1.32. The van der Waals surface area contributed by atoms with Crippen LogP contribution in [0.1, 0.15) is 16.1 Å². The molecule has 6 rings (SSSR count). The lowest BCUT2D eigenvalue weighted by molar-refractivity contribution is -0.115. The summed E-state index contributed by atoms with van der Waals surface area (Å²) < 4.78 is 11.6. The van der Waals surface area contributed by atoms with Gasteiger partial charge in [-0.2, -0.15) is 0 Å². The van der Waals surface area contributed by atoms with Crippen molar-refractivity contribution in [1.82, 2.24) is 0 Å². The van der Waals surface area contributed by atoms with Crippen molar-refractivity contribution in [2.75, 3.05) is 10.6 Å². The van der Waals surface area contributed by atoms with Crippen LogP contribution in [0.25, 0.3) is 32.7 Å². The molecule has 0 unspecified atom stereocenters. The Bertz CT molecular complexity index is 1770. The fourth-order valence-electron chi connectivity index (χ4n) is 4.41. The second kappa shape index (κ2) is 8.91. The lowest BCUT2D eigenvalue weighted by Crippen LogP contribution is -2.18. The number of amides is 2. The van der Waals surface area contributed by atoms with Crippen LogP contribution in [0.15, 0.2) is 100 Å². The van der Waals surface area contributed by atoms with Crippen molar-refractivity contribution < 1.29 is 18.4 Å². The van der Waals surface area contributed by atoms with Gasteiger partial charge in [0.1, 0.15) is 16.9 Å². The average molecular weight is 495 g/mol. The number of hydrogen-bond donors (Lipinski definition) is 2. The van der Waals surface area contributed by atoms with E-state index in [9.17, 15) is 9.59 Å². The van der Waals surface area contributed by atoms with E-state index in [1.54, 1.807) is 48.7 Å². The first-order valence-electron chi connectivity index (χ1n) is 11.3. The lowest BCUT2D eigenvalue weighted by atomic mass is 10.0. The van der Waals surface area contributed by atoms with Crippen molar-refractivity contribution in [3.05, 3.63) is 108 Å². The van der Waals surface area contributed by atoms with Gasteiger partial charge in [-0.25, -0.2) is 0 Å². The molecule has 0 aliphatic heterocycles. The van der Waals surface area contributed by atoms with Crippen molar-refractivity contribution in [2.24, 2.45) is 0 Å². The molecule has 6 nitrogen and oxygen atoms in total. The van der Waals surface area contributed by atoms with Crippen LogP contribution in [0, 0.1) is 0 Å². The number of halogens is 1. The highest BCUT2D eigenvalue weighted by Gasteiger charge is 2.23. The molecule has 0 aliphatic rings. The number of para-hydroxylation sites is 1. The Kier molecular flexibility index (Phi) is 5.43. The second-order valence-corrected chi connectivity index (χ2v) is 8.85. The van der Waals surface area contributed by atoms with E-state index in [1.807, 2.05) is 42.5 Å². The maximum absolute atomic E-state index is 13.2. The summed E-state index contributed by atoms with van der Waals surface area (Å²) in [5.41, 5.74) is 2.85. The highest BCUT2D eigenvalue weighted by Crippen LogP contribution is 2.33. The zero-order valence-electron chi connectivity index (χ0n) is 18.9. The molecule has 36 heavy (non-hydrogen) atoms. The standard InChI is InChI=1S/C29H19ClN2O4/c30-19-10-12-20(13-11-19)31-29(34)28-27(22-7-3-4-8-23(22)36-28)32-25(33)15-18-16-35-24-14-9-17-5-1-2-6-21(17)26(18)24/h1-14,16H,15H2,(H,31,34)(H,32,33). The molecule has 4 aromatic carbocycles. The number of benzene rings is 4. The fourth-order valence-corrected chi connectivity index (χ4v) is 4.54. The maximum atomic E-state index is 13.2. The molecule has 2 N–H and O–H groups in total. The number of carbonyl (C=O) groups is 2. The Labute approximate surface area is 210 Å². The molecule has 0 atom stereocenters. The Morgan fingerprint density at radius 3 is 2.36 bits per heavy atom. The van der Waals surface area contributed by atoms with Gasteiger partial charge >= 0.3 is 0 Å². The predicted molar refractivity (Wildman–Crippen MR) is 142 cm³/mol. The maximum Gasteiger partial charge on any atom is 0.293 e. The molecule has 2 amide bonds. The topological polar surface area (TPSA) is 84.5 Å². The third-order valence-electron chi connectivity index (χ3n) is 6.06. The summed E-state index contributed by atoms with van der Waals surface area (Å²) in [7, 11) is 0. The molecule has 0 bridgehead atoms. The number of carbonyl (C=O) groups excluding carboxylic acids is 2. The monoisotopic (exact) mass is 494 g/mol. The van der Waals surface area contributed by atoms with Crippen molar-refractivity contribution >= 4 is 67.5 Å². The van der Waals surface area contributed by atoms with E-state index in [0.29, 0.717) is 32.9 Å². The van der Waals surface area contributed by atoms with Gasteiger partial charge in [0.05, 0.1) is 12.7 Å². The molecular formula is C29H19ClN2O4. The normalized spacial score (nSPS) is 11.2. The fraction of sp³-hybridized carbons (Fsp3) is 0.0345. The van der Waals surface area contributed by atoms with Gasteiger partial charge in [-0.3, -0.25) is 9.59 Å². The molecule has 176 valence electrons. The second-order valence-electron chi connectivity index (χ2n) is 8.41. The summed E-state index contributed by atoms with van der Waals surface area (Å²) in [6, 6.07) is 25.8. The Hall–Kier alpha value is -4.55. The molecule has 2 heterocycles. The van der Waals surface area contributed by atoms with Gasteiger partial charge in [-0.05, 0) is 53.2 Å². The minimum absolute atomic E-state index is 0.0157. The minimum atomic E-state index is -0.483.